The molecule has 2 aromatic rings. The van der Waals surface area contributed by atoms with E-state index in [1.165, 1.54) is 0 Å². The minimum absolute atomic E-state index is 0. The van der Waals surface area contributed by atoms with Crippen LogP contribution in [0.5, 0.6) is 0 Å². The van der Waals surface area contributed by atoms with Gasteiger partial charge in [0.15, 0.2) is 0 Å². The molecule has 0 aliphatic carbocycles. The van der Waals surface area contributed by atoms with Gasteiger partial charge >= 0.3 is 0 Å². The molecule has 2 amide bonds. The Morgan fingerprint density at radius 2 is 1.83 bits per heavy atom. The normalized spacial score (nSPS) is 15.4. The van der Waals surface area contributed by atoms with Crippen molar-refractivity contribution >= 4 is 35.6 Å². The second-order valence-corrected chi connectivity index (χ2v) is 7.29. The van der Waals surface area contributed by atoms with Gasteiger partial charge in [-0.1, -0.05) is 30.3 Å². The second-order valence-electron chi connectivity index (χ2n) is 7.29. The van der Waals surface area contributed by atoms with Crippen LogP contribution in [0.25, 0.3) is 0 Å². The Bertz CT molecular complexity index is 774. The molecular weight excluding hydrogens is 386 g/mol. The molecule has 2 aromatic carbocycles. The van der Waals surface area contributed by atoms with Crippen molar-refractivity contribution in [2.45, 2.75) is 32.6 Å². The minimum Gasteiger partial charge on any atom is -0.326 e. The molecule has 0 radical (unpaired) electrons. The number of carbonyl (C=O) groups is 2. The molecule has 1 unspecified atom stereocenters. The fourth-order valence-electron chi connectivity index (χ4n) is 3.61. The number of nitrogens with one attached hydrogen (secondary N) is 2. The Labute approximate surface area is 179 Å². The molecule has 3 rings (SSSR count). The van der Waals surface area contributed by atoms with E-state index in [4.69, 9.17) is 0 Å². The van der Waals surface area contributed by atoms with Crippen molar-refractivity contribution in [3.05, 3.63) is 60.2 Å². The van der Waals surface area contributed by atoms with Gasteiger partial charge in [0.2, 0.25) is 11.8 Å². The minimum atomic E-state index is 0. The first-order valence-electron chi connectivity index (χ1n) is 10.1. The van der Waals surface area contributed by atoms with E-state index in [9.17, 15) is 9.59 Å². The zero-order valence-corrected chi connectivity index (χ0v) is 17.7. The summed E-state index contributed by atoms with van der Waals surface area (Å²) in [6.07, 6.45) is 2.98. The van der Waals surface area contributed by atoms with Gasteiger partial charge in [0.05, 0.1) is 6.42 Å². The summed E-state index contributed by atoms with van der Waals surface area (Å²) in [5, 5.41) is 6.28. The first-order chi connectivity index (χ1) is 13.7. The topological polar surface area (TPSA) is 61.4 Å². The monoisotopic (exact) mass is 415 g/mol. The van der Waals surface area contributed by atoms with Crippen LogP contribution in [0.3, 0.4) is 0 Å². The van der Waals surface area contributed by atoms with Gasteiger partial charge in [-0.05, 0) is 68.6 Å². The molecule has 2 N–H and O–H groups in total. The van der Waals surface area contributed by atoms with Crippen LogP contribution in [0.1, 0.15) is 31.7 Å². The number of amides is 2. The van der Waals surface area contributed by atoms with Gasteiger partial charge in [0.25, 0.3) is 0 Å². The molecule has 0 bridgehead atoms. The molecule has 0 saturated carbocycles. The van der Waals surface area contributed by atoms with Crippen LogP contribution in [0.4, 0.5) is 11.4 Å². The van der Waals surface area contributed by atoms with Gasteiger partial charge in [-0.3, -0.25) is 9.59 Å². The number of hydrogen-bond acceptors (Lipinski definition) is 3. The molecule has 1 fully saturated rings. The molecule has 29 heavy (non-hydrogen) atoms. The van der Waals surface area contributed by atoms with Crippen molar-refractivity contribution in [3.8, 4) is 0 Å². The summed E-state index contributed by atoms with van der Waals surface area (Å²) in [7, 11) is 0. The summed E-state index contributed by atoms with van der Waals surface area (Å²) in [5.41, 5.74) is 2.63. The van der Waals surface area contributed by atoms with E-state index in [1.807, 2.05) is 61.5 Å². The number of likely N-dealkylation sites (N-methyl/N-ethyl adjacent to an activating group) is 1. The first-order valence-corrected chi connectivity index (χ1v) is 10.1. The SMILES string of the molecule is CCN(C(=O)Cc1ccc(NC(=O)CCC2CCNC2)cc1)c1ccccc1.Cl. The molecule has 6 heteroatoms. The van der Waals surface area contributed by atoms with E-state index < -0.39 is 0 Å². The molecule has 156 valence electrons. The van der Waals surface area contributed by atoms with Crippen molar-refractivity contribution in [2.24, 2.45) is 5.92 Å². The van der Waals surface area contributed by atoms with Crippen molar-refractivity contribution in [3.63, 3.8) is 0 Å². The van der Waals surface area contributed by atoms with Gasteiger partial charge in [0, 0.05) is 24.3 Å². The maximum absolute atomic E-state index is 12.7. The molecule has 0 spiro atoms. The summed E-state index contributed by atoms with van der Waals surface area (Å²) in [6.45, 7) is 4.69. The average Bonchev–Trinajstić information content (AvgIpc) is 3.23. The molecule has 1 saturated heterocycles. The fourth-order valence-corrected chi connectivity index (χ4v) is 3.61. The molecule has 1 aliphatic heterocycles. The van der Waals surface area contributed by atoms with Crippen LogP contribution in [-0.4, -0.2) is 31.4 Å². The zero-order chi connectivity index (χ0) is 19.8. The van der Waals surface area contributed by atoms with E-state index in [1.54, 1.807) is 4.90 Å². The van der Waals surface area contributed by atoms with E-state index in [0.717, 1.165) is 42.9 Å². The highest BCUT2D eigenvalue weighted by Gasteiger charge is 2.16. The maximum Gasteiger partial charge on any atom is 0.231 e. The number of nitrogens with zero attached hydrogens (tertiary/aromatic N) is 1. The van der Waals surface area contributed by atoms with E-state index >= 15 is 0 Å². The quantitative estimate of drug-likeness (QED) is 0.684. The smallest absolute Gasteiger partial charge is 0.231 e. The zero-order valence-electron chi connectivity index (χ0n) is 16.9. The second kappa shape index (κ2) is 11.6. The predicted molar refractivity (Wildman–Crippen MR) is 121 cm³/mol. The Kier molecular flexibility index (Phi) is 9.16. The third-order valence-corrected chi connectivity index (χ3v) is 5.22. The number of carbonyl (C=O) groups excluding carboxylic acids is 2. The molecule has 1 atom stereocenters. The molecular formula is C23H30ClN3O2. The summed E-state index contributed by atoms with van der Waals surface area (Å²) >= 11 is 0. The highest BCUT2D eigenvalue weighted by atomic mass is 35.5. The number of benzene rings is 2. The van der Waals surface area contributed by atoms with Crippen LogP contribution in [-0.2, 0) is 16.0 Å². The fraction of sp³-hybridized carbons (Fsp3) is 0.391. The predicted octanol–water partition coefficient (Wildman–Crippen LogP) is 4.03. The van der Waals surface area contributed by atoms with E-state index in [0.29, 0.717) is 25.3 Å². The summed E-state index contributed by atoms with van der Waals surface area (Å²) in [5.74, 6) is 0.734. The summed E-state index contributed by atoms with van der Waals surface area (Å²) < 4.78 is 0. The van der Waals surface area contributed by atoms with Crippen LogP contribution < -0.4 is 15.5 Å². The van der Waals surface area contributed by atoms with Crippen LogP contribution in [0.2, 0.25) is 0 Å². The largest absolute Gasteiger partial charge is 0.326 e. The Balaban J connectivity index is 0.00000300. The Hall–Kier alpha value is -2.37. The van der Waals surface area contributed by atoms with Gasteiger partial charge in [-0.15, -0.1) is 12.4 Å². The molecule has 1 heterocycles. The Morgan fingerprint density at radius 3 is 2.45 bits per heavy atom. The highest BCUT2D eigenvalue weighted by Crippen LogP contribution is 2.18. The van der Waals surface area contributed by atoms with Gasteiger partial charge in [0.1, 0.15) is 0 Å². The first kappa shape index (κ1) is 22.9. The average molecular weight is 416 g/mol. The third kappa shape index (κ3) is 6.87. The number of anilines is 2. The lowest BCUT2D eigenvalue weighted by Crippen LogP contribution is -2.31. The van der Waals surface area contributed by atoms with Crippen LogP contribution in [0.15, 0.2) is 54.6 Å². The lowest BCUT2D eigenvalue weighted by Gasteiger charge is -2.21. The number of para-hydroxylation sites is 1. The van der Waals surface area contributed by atoms with E-state index in [2.05, 4.69) is 10.6 Å². The standard InChI is InChI=1S/C23H29N3O2.ClH/c1-2-26(21-6-4-3-5-7-21)23(28)16-18-8-11-20(12-9-18)25-22(27)13-10-19-14-15-24-17-19;/h3-9,11-12,19,24H,2,10,13-17H2,1H3,(H,25,27);1H. The summed E-state index contributed by atoms with van der Waals surface area (Å²) in [6, 6.07) is 17.3. The van der Waals surface area contributed by atoms with Gasteiger partial charge in [-0.2, -0.15) is 0 Å². The van der Waals surface area contributed by atoms with Crippen molar-refractivity contribution in [1.29, 1.82) is 0 Å². The number of halogens is 1. The van der Waals surface area contributed by atoms with E-state index in [-0.39, 0.29) is 24.2 Å². The van der Waals surface area contributed by atoms with Crippen LogP contribution in [0, 0.1) is 5.92 Å². The maximum atomic E-state index is 12.7. The third-order valence-electron chi connectivity index (χ3n) is 5.22. The van der Waals surface area contributed by atoms with Gasteiger partial charge < -0.3 is 15.5 Å². The molecule has 5 nitrogen and oxygen atoms in total. The van der Waals surface area contributed by atoms with Crippen molar-refractivity contribution in [2.75, 3.05) is 29.9 Å². The lowest BCUT2D eigenvalue weighted by molar-refractivity contribution is -0.118. The van der Waals surface area contributed by atoms with Crippen LogP contribution >= 0.6 is 12.4 Å². The highest BCUT2D eigenvalue weighted by molar-refractivity contribution is 5.95. The number of hydrogen-bond donors (Lipinski definition) is 2. The van der Waals surface area contributed by atoms with Crippen molar-refractivity contribution < 1.29 is 9.59 Å². The Morgan fingerprint density at radius 1 is 1.10 bits per heavy atom. The molecule has 1 aliphatic rings. The molecule has 0 aromatic heterocycles. The van der Waals surface area contributed by atoms with Gasteiger partial charge in [-0.25, -0.2) is 0 Å². The lowest BCUT2D eigenvalue weighted by atomic mass is 10.0. The van der Waals surface area contributed by atoms with Crippen molar-refractivity contribution in [1.82, 2.24) is 5.32 Å². The number of rotatable bonds is 8. The summed E-state index contributed by atoms with van der Waals surface area (Å²) in [4.78, 5) is 26.6.